The van der Waals surface area contributed by atoms with Crippen LogP contribution in [0.3, 0.4) is 0 Å². The van der Waals surface area contributed by atoms with Gasteiger partial charge in [-0.25, -0.2) is 0 Å². The minimum absolute atomic E-state index is 0.181. The molecule has 7 heteroatoms. The second kappa shape index (κ2) is 6.63. The maximum atomic E-state index is 12.5. The van der Waals surface area contributed by atoms with Gasteiger partial charge in [0.05, 0.1) is 10.9 Å². The van der Waals surface area contributed by atoms with Gasteiger partial charge < -0.3 is 5.32 Å². The van der Waals surface area contributed by atoms with E-state index in [4.69, 9.17) is 23.2 Å². The van der Waals surface area contributed by atoms with Crippen LogP contribution in [0, 0.1) is 0 Å². The number of hydrogen-bond donors (Lipinski definition) is 1. The first-order chi connectivity index (χ1) is 11.5. The Morgan fingerprint density at radius 3 is 2.71 bits per heavy atom. The van der Waals surface area contributed by atoms with Gasteiger partial charge >= 0.3 is 0 Å². The van der Waals surface area contributed by atoms with E-state index in [1.165, 1.54) is 10.7 Å². The Kier molecular flexibility index (Phi) is 4.55. The maximum absolute atomic E-state index is 12.5. The van der Waals surface area contributed by atoms with Crippen LogP contribution in [0.1, 0.15) is 16.1 Å². The lowest BCUT2D eigenvalue weighted by Gasteiger charge is -2.09. The van der Waals surface area contributed by atoms with Gasteiger partial charge in [-0.2, -0.15) is 5.10 Å². The number of carbonyl (C=O) groups is 1. The molecule has 0 radical (unpaired) electrons. The molecule has 0 spiro atoms. The smallest absolute Gasteiger partial charge is 0.276 e. The normalized spacial score (nSPS) is 10.8. The predicted molar refractivity (Wildman–Crippen MR) is 94.6 cm³/mol. The summed E-state index contributed by atoms with van der Waals surface area (Å²) in [6.07, 6.45) is 0. The van der Waals surface area contributed by atoms with Crippen molar-refractivity contribution >= 4 is 40.0 Å². The molecule has 0 atom stereocenters. The molecule has 122 valence electrons. The summed E-state index contributed by atoms with van der Waals surface area (Å²) in [4.78, 5) is 24.9. The van der Waals surface area contributed by atoms with E-state index in [-0.39, 0.29) is 12.2 Å². The van der Waals surface area contributed by atoms with Crippen LogP contribution < -0.4 is 10.7 Å². The van der Waals surface area contributed by atoms with Crippen molar-refractivity contribution in [2.45, 2.75) is 6.54 Å². The van der Waals surface area contributed by atoms with Gasteiger partial charge in [0.15, 0.2) is 5.69 Å². The zero-order valence-corrected chi connectivity index (χ0v) is 14.2. The van der Waals surface area contributed by atoms with Crippen molar-refractivity contribution in [1.82, 2.24) is 15.1 Å². The molecule has 0 aliphatic heterocycles. The molecule has 0 fully saturated rings. The summed E-state index contributed by atoms with van der Waals surface area (Å²) in [6, 6.07) is 12.1. The summed E-state index contributed by atoms with van der Waals surface area (Å²) in [6.45, 7) is 0.205. The molecule has 5 nitrogen and oxygen atoms in total. The SMILES string of the molecule is Cn1nc(C(=O)NCc2ccccc2Cl)c(=O)c2cc(Cl)ccc21. The highest BCUT2D eigenvalue weighted by Gasteiger charge is 2.17. The fraction of sp³-hybridized carbons (Fsp3) is 0.118. The quantitative estimate of drug-likeness (QED) is 0.779. The summed E-state index contributed by atoms with van der Waals surface area (Å²) >= 11 is 12.0. The van der Waals surface area contributed by atoms with Crippen molar-refractivity contribution in [3.8, 4) is 0 Å². The van der Waals surface area contributed by atoms with Crippen molar-refractivity contribution < 1.29 is 4.79 Å². The molecule has 0 saturated carbocycles. The monoisotopic (exact) mass is 361 g/mol. The van der Waals surface area contributed by atoms with E-state index in [1.54, 1.807) is 37.4 Å². The largest absolute Gasteiger partial charge is 0.346 e. The number of fused-ring (bicyclic) bond motifs is 1. The van der Waals surface area contributed by atoms with Crippen molar-refractivity contribution in [2.75, 3.05) is 0 Å². The molecule has 0 aliphatic rings. The Morgan fingerprint density at radius 1 is 1.21 bits per heavy atom. The maximum Gasteiger partial charge on any atom is 0.276 e. The minimum atomic E-state index is -0.558. The van der Waals surface area contributed by atoms with Gasteiger partial charge in [-0.3, -0.25) is 14.3 Å². The molecule has 1 aromatic heterocycles. The molecule has 1 heterocycles. The molecule has 0 unspecified atom stereocenters. The fourth-order valence-corrected chi connectivity index (χ4v) is 2.77. The molecule has 24 heavy (non-hydrogen) atoms. The Morgan fingerprint density at radius 2 is 1.96 bits per heavy atom. The van der Waals surface area contributed by atoms with Crippen molar-refractivity contribution in [3.05, 3.63) is 74.0 Å². The van der Waals surface area contributed by atoms with Gasteiger partial charge in [0.1, 0.15) is 0 Å². The number of aryl methyl sites for hydroxylation is 1. The summed E-state index contributed by atoms with van der Waals surface area (Å²) < 4.78 is 1.48. The third-order valence-electron chi connectivity index (χ3n) is 3.63. The second-order valence-corrected chi connectivity index (χ2v) is 6.08. The van der Waals surface area contributed by atoms with Gasteiger partial charge in [0, 0.05) is 23.6 Å². The van der Waals surface area contributed by atoms with E-state index in [0.29, 0.717) is 20.9 Å². The van der Waals surface area contributed by atoms with Gasteiger partial charge in [-0.1, -0.05) is 41.4 Å². The molecular formula is C17H13Cl2N3O2. The fourth-order valence-electron chi connectivity index (χ4n) is 2.40. The van der Waals surface area contributed by atoms with Gasteiger partial charge in [0.25, 0.3) is 5.91 Å². The zero-order valence-electron chi connectivity index (χ0n) is 12.7. The minimum Gasteiger partial charge on any atom is -0.346 e. The van der Waals surface area contributed by atoms with Crippen LogP contribution in [0.5, 0.6) is 0 Å². The molecule has 3 rings (SSSR count). The summed E-state index contributed by atoms with van der Waals surface area (Å²) in [7, 11) is 1.67. The Balaban J connectivity index is 1.94. The molecule has 1 N–H and O–H groups in total. The Bertz CT molecular complexity index is 999. The second-order valence-electron chi connectivity index (χ2n) is 5.24. The van der Waals surface area contributed by atoms with E-state index in [9.17, 15) is 9.59 Å². The molecule has 3 aromatic rings. The van der Waals surface area contributed by atoms with Crippen LogP contribution in [0.4, 0.5) is 0 Å². The Hall–Kier alpha value is -2.37. The van der Waals surface area contributed by atoms with E-state index >= 15 is 0 Å². The molecule has 0 bridgehead atoms. The lowest BCUT2D eigenvalue weighted by atomic mass is 10.2. The third-order valence-corrected chi connectivity index (χ3v) is 4.23. The molecule has 2 aromatic carbocycles. The van der Waals surface area contributed by atoms with Gasteiger partial charge in [0.2, 0.25) is 5.43 Å². The number of benzene rings is 2. The summed E-state index contributed by atoms with van der Waals surface area (Å²) in [5.41, 5.74) is 0.724. The standard InChI is InChI=1S/C17H13Cl2N3O2/c1-22-14-7-6-11(18)8-12(14)16(23)15(21-22)17(24)20-9-10-4-2-3-5-13(10)19/h2-8H,9H2,1H3,(H,20,24). The van der Waals surface area contributed by atoms with E-state index in [1.807, 2.05) is 6.07 Å². The zero-order chi connectivity index (χ0) is 17.3. The molecule has 0 aliphatic carbocycles. The number of nitrogens with zero attached hydrogens (tertiary/aromatic N) is 2. The molecular weight excluding hydrogens is 349 g/mol. The third kappa shape index (κ3) is 3.13. The first-order valence-electron chi connectivity index (χ1n) is 7.15. The average Bonchev–Trinajstić information content (AvgIpc) is 2.57. The number of amides is 1. The van der Waals surface area contributed by atoms with Crippen LogP contribution in [-0.4, -0.2) is 15.7 Å². The van der Waals surface area contributed by atoms with E-state index < -0.39 is 11.3 Å². The first kappa shape index (κ1) is 16.5. The van der Waals surface area contributed by atoms with Crippen LogP contribution >= 0.6 is 23.2 Å². The number of halogens is 2. The predicted octanol–water partition coefficient (Wildman–Crippen LogP) is 3.17. The van der Waals surface area contributed by atoms with Crippen LogP contribution in [0.2, 0.25) is 10.0 Å². The van der Waals surface area contributed by atoms with E-state index in [2.05, 4.69) is 10.4 Å². The Labute approximate surface area is 147 Å². The first-order valence-corrected chi connectivity index (χ1v) is 7.91. The van der Waals surface area contributed by atoms with E-state index in [0.717, 1.165) is 5.56 Å². The number of hydrogen-bond acceptors (Lipinski definition) is 3. The number of nitrogens with one attached hydrogen (secondary N) is 1. The highest BCUT2D eigenvalue weighted by molar-refractivity contribution is 6.31. The van der Waals surface area contributed by atoms with Crippen LogP contribution in [0.25, 0.3) is 10.9 Å². The lowest BCUT2D eigenvalue weighted by molar-refractivity contribution is 0.0943. The summed E-state index contributed by atoms with van der Waals surface area (Å²) in [5.74, 6) is -0.558. The van der Waals surface area contributed by atoms with Crippen LogP contribution in [-0.2, 0) is 13.6 Å². The van der Waals surface area contributed by atoms with Crippen LogP contribution in [0.15, 0.2) is 47.3 Å². The van der Waals surface area contributed by atoms with Crippen molar-refractivity contribution in [1.29, 1.82) is 0 Å². The average molecular weight is 362 g/mol. The van der Waals surface area contributed by atoms with Gasteiger partial charge in [-0.05, 0) is 29.8 Å². The highest BCUT2D eigenvalue weighted by atomic mass is 35.5. The molecule has 1 amide bonds. The topological polar surface area (TPSA) is 64.0 Å². The van der Waals surface area contributed by atoms with Gasteiger partial charge in [-0.15, -0.1) is 0 Å². The molecule has 0 saturated heterocycles. The lowest BCUT2D eigenvalue weighted by Crippen LogP contribution is -2.31. The van der Waals surface area contributed by atoms with Crippen molar-refractivity contribution in [3.63, 3.8) is 0 Å². The highest BCUT2D eigenvalue weighted by Crippen LogP contribution is 2.16. The van der Waals surface area contributed by atoms with Crippen molar-refractivity contribution in [2.24, 2.45) is 7.05 Å². The number of carbonyl (C=O) groups excluding carboxylic acids is 1. The summed E-state index contributed by atoms with van der Waals surface area (Å²) in [5, 5.41) is 8.07. The number of rotatable bonds is 3. The number of aromatic nitrogens is 2.